The fraction of sp³-hybridized carbons (Fsp3) is 0.0455. The lowest BCUT2D eigenvalue weighted by Crippen LogP contribution is -2.05. The maximum Gasteiger partial charge on any atom is 0.183 e. The van der Waals surface area contributed by atoms with E-state index in [-0.39, 0.29) is 28.5 Å². The van der Waals surface area contributed by atoms with Crippen molar-refractivity contribution in [3.8, 4) is 22.6 Å². The molecule has 1 aromatic carbocycles. The Morgan fingerprint density at radius 3 is 2.35 bits per heavy atom. The van der Waals surface area contributed by atoms with E-state index in [1.807, 2.05) is 6.07 Å². The molecule has 0 saturated carbocycles. The Labute approximate surface area is 186 Å². The van der Waals surface area contributed by atoms with Crippen LogP contribution in [0.5, 0.6) is 0 Å². The molecule has 5 rings (SSSR count). The highest BCUT2D eigenvalue weighted by atomic mass is 35.5. The summed E-state index contributed by atoms with van der Waals surface area (Å²) in [5.41, 5.74) is 2.81. The maximum absolute atomic E-state index is 14.2. The lowest BCUT2D eigenvalue weighted by molar-refractivity contribution is 0.589. The van der Waals surface area contributed by atoms with Gasteiger partial charge in [0.15, 0.2) is 11.5 Å². The molecule has 5 aromatic rings. The highest BCUT2D eigenvalue weighted by Gasteiger charge is 2.20. The molecule has 6 nitrogen and oxygen atoms in total. The third-order valence-corrected chi connectivity index (χ3v) is 5.33. The summed E-state index contributed by atoms with van der Waals surface area (Å²) in [5, 5.41) is 5.72. The molecular formula is C22H13Cl2FN6. The summed E-state index contributed by atoms with van der Waals surface area (Å²) in [6.45, 7) is 0.205. The van der Waals surface area contributed by atoms with Gasteiger partial charge in [-0.2, -0.15) is 5.10 Å². The van der Waals surface area contributed by atoms with Gasteiger partial charge < -0.3 is 0 Å². The van der Waals surface area contributed by atoms with E-state index in [4.69, 9.17) is 23.2 Å². The Bertz CT molecular complexity index is 1380. The van der Waals surface area contributed by atoms with Crippen molar-refractivity contribution in [2.75, 3.05) is 0 Å². The average Bonchev–Trinajstić information content (AvgIpc) is 3.14. The van der Waals surface area contributed by atoms with Gasteiger partial charge in [0, 0.05) is 24.2 Å². The van der Waals surface area contributed by atoms with Gasteiger partial charge in [-0.3, -0.25) is 4.98 Å². The van der Waals surface area contributed by atoms with Crippen LogP contribution in [0.2, 0.25) is 10.3 Å². The quantitative estimate of drug-likeness (QED) is 0.340. The summed E-state index contributed by atoms with van der Waals surface area (Å²) in [6.07, 6.45) is 4.93. The topological polar surface area (TPSA) is 69.4 Å². The second-order valence-electron chi connectivity index (χ2n) is 6.71. The van der Waals surface area contributed by atoms with Gasteiger partial charge in [-0.25, -0.2) is 24.0 Å². The number of hydrogen-bond acceptors (Lipinski definition) is 5. The average molecular weight is 451 g/mol. The molecule has 0 atom stereocenters. The predicted molar refractivity (Wildman–Crippen MR) is 117 cm³/mol. The van der Waals surface area contributed by atoms with Crippen LogP contribution in [-0.4, -0.2) is 29.7 Å². The van der Waals surface area contributed by atoms with E-state index in [0.717, 1.165) is 5.56 Å². The highest BCUT2D eigenvalue weighted by molar-refractivity contribution is 6.37. The summed E-state index contributed by atoms with van der Waals surface area (Å²) in [5.74, 6) is -0.0502. The first-order chi connectivity index (χ1) is 15.1. The van der Waals surface area contributed by atoms with Crippen LogP contribution in [0.4, 0.5) is 4.39 Å². The fourth-order valence-electron chi connectivity index (χ4n) is 3.34. The minimum absolute atomic E-state index is 0.196. The normalized spacial score (nSPS) is 11.2. The molecule has 152 valence electrons. The highest BCUT2D eigenvalue weighted by Crippen LogP contribution is 2.35. The largest absolute Gasteiger partial charge is 0.265 e. The van der Waals surface area contributed by atoms with Gasteiger partial charge in [-0.1, -0.05) is 41.4 Å². The van der Waals surface area contributed by atoms with Crippen molar-refractivity contribution in [2.45, 2.75) is 6.54 Å². The fourth-order valence-corrected chi connectivity index (χ4v) is 3.95. The molecule has 9 heteroatoms. The third-order valence-electron chi connectivity index (χ3n) is 4.79. The smallest absolute Gasteiger partial charge is 0.183 e. The monoisotopic (exact) mass is 450 g/mol. The summed E-state index contributed by atoms with van der Waals surface area (Å²) in [4.78, 5) is 17.3. The number of nitrogens with zero attached hydrogens (tertiary/aromatic N) is 6. The zero-order chi connectivity index (χ0) is 21.4. The van der Waals surface area contributed by atoms with Crippen molar-refractivity contribution in [3.63, 3.8) is 0 Å². The Hall–Kier alpha value is -3.42. The summed E-state index contributed by atoms with van der Waals surface area (Å²) in [7, 11) is 0. The molecule has 0 aliphatic carbocycles. The Morgan fingerprint density at radius 1 is 0.871 bits per heavy atom. The second-order valence-corrected chi connectivity index (χ2v) is 7.43. The van der Waals surface area contributed by atoms with E-state index in [1.165, 1.54) is 6.07 Å². The van der Waals surface area contributed by atoms with Crippen molar-refractivity contribution in [1.82, 2.24) is 29.7 Å². The first kappa shape index (κ1) is 19.5. The minimum Gasteiger partial charge on any atom is -0.265 e. The molecule has 4 aromatic heterocycles. The van der Waals surface area contributed by atoms with Crippen LogP contribution in [0.3, 0.4) is 0 Å². The molecule has 0 fully saturated rings. The standard InChI is InChI=1S/C22H13Cl2FN6/c23-19-17(13-7-10-26-11-8-13)20(24)29-21(28-19)18-15-5-3-9-27-22(15)31(30-18)12-14-4-1-2-6-16(14)25/h1-11H,12H2. The molecule has 0 N–H and O–H groups in total. The van der Waals surface area contributed by atoms with E-state index < -0.39 is 0 Å². The van der Waals surface area contributed by atoms with E-state index in [0.29, 0.717) is 27.9 Å². The third kappa shape index (κ3) is 3.62. The van der Waals surface area contributed by atoms with Crippen LogP contribution in [-0.2, 0) is 6.54 Å². The van der Waals surface area contributed by atoms with Gasteiger partial charge in [0.05, 0.1) is 17.5 Å². The number of rotatable bonds is 4. The van der Waals surface area contributed by atoms with E-state index in [1.54, 1.807) is 59.7 Å². The van der Waals surface area contributed by atoms with Crippen molar-refractivity contribution in [2.24, 2.45) is 0 Å². The molecular weight excluding hydrogens is 438 g/mol. The maximum atomic E-state index is 14.2. The van der Waals surface area contributed by atoms with Crippen molar-refractivity contribution < 1.29 is 4.39 Å². The molecule has 0 radical (unpaired) electrons. The number of hydrogen-bond donors (Lipinski definition) is 0. The lowest BCUT2D eigenvalue weighted by atomic mass is 10.1. The van der Waals surface area contributed by atoms with Gasteiger partial charge in [-0.15, -0.1) is 0 Å². The molecule has 0 aliphatic rings. The van der Waals surface area contributed by atoms with Crippen molar-refractivity contribution >= 4 is 34.2 Å². The Morgan fingerprint density at radius 2 is 1.61 bits per heavy atom. The zero-order valence-corrected chi connectivity index (χ0v) is 17.4. The van der Waals surface area contributed by atoms with E-state index >= 15 is 0 Å². The number of aromatic nitrogens is 6. The first-order valence-corrected chi connectivity index (χ1v) is 10.1. The SMILES string of the molecule is Fc1ccccc1Cn1nc(-c2nc(Cl)c(-c3ccncc3)c(Cl)n2)c2cccnc21. The molecule has 0 bridgehead atoms. The molecule has 0 unspecified atom stereocenters. The van der Waals surface area contributed by atoms with Crippen LogP contribution in [0, 0.1) is 5.82 Å². The Balaban J connectivity index is 1.64. The lowest BCUT2D eigenvalue weighted by Gasteiger charge is -2.07. The molecule has 4 heterocycles. The van der Waals surface area contributed by atoms with Gasteiger partial charge in [-0.05, 0) is 35.9 Å². The van der Waals surface area contributed by atoms with Crippen LogP contribution >= 0.6 is 23.2 Å². The van der Waals surface area contributed by atoms with Crippen LogP contribution in [0.25, 0.3) is 33.7 Å². The number of pyridine rings is 2. The van der Waals surface area contributed by atoms with Gasteiger partial charge in [0.1, 0.15) is 21.8 Å². The Kier molecular flexibility index (Phi) is 5.05. The first-order valence-electron chi connectivity index (χ1n) is 9.30. The van der Waals surface area contributed by atoms with E-state index in [2.05, 4.69) is 25.0 Å². The summed E-state index contributed by atoms with van der Waals surface area (Å²) < 4.78 is 15.8. The molecule has 0 spiro atoms. The number of fused-ring (bicyclic) bond motifs is 1. The second kappa shape index (κ2) is 8.02. The number of benzene rings is 1. The predicted octanol–water partition coefficient (Wildman–Crippen LogP) is 5.44. The van der Waals surface area contributed by atoms with Crippen molar-refractivity contribution in [3.05, 3.63) is 88.8 Å². The van der Waals surface area contributed by atoms with Gasteiger partial charge in [0.25, 0.3) is 0 Å². The van der Waals surface area contributed by atoms with Crippen LogP contribution < -0.4 is 0 Å². The molecule has 0 saturated heterocycles. The zero-order valence-electron chi connectivity index (χ0n) is 15.9. The number of halogens is 3. The van der Waals surface area contributed by atoms with Crippen LogP contribution in [0.15, 0.2) is 67.1 Å². The summed E-state index contributed by atoms with van der Waals surface area (Å²) >= 11 is 12.9. The van der Waals surface area contributed by atoms with Crippen molar-refractivity contribution in [1.29, 1.82) is 0 Å². The van der Waals surface area contributed by atoms with E-state index in [9.17, 15) is 4.39 Å². The molecule has 31 heavy (non-hydrogen) atoms. The summed E-state index contributed by atoms with van der Waals surface area (Å²) in [6, 6.07) is 13.7. The van der Waals surface area contributed by atoms with Gasteiger partial charge in [0.2, 0.25) is 0 Å². The molecule has 0 amide bonds. The van der Waals surface area contributed by atoms with Crippen LogP contribution in [0.1, 0.15) is 5.56 Å². The minimum atomic E-state index is -0.312. The van der Waals surface area contributed by atoms with Gasteiger partial charge >= 0.3 is 0 Å². The molecule has 0 aliphatic heterocycles.